The fourth-order valence-corrected chi connectivity index (χ4v) is 2.48. The van der Waals surface area contributed by atoms with Gasteiger partial charge in [0.05, 0.1) is 6.61 Å². The van der Waals surface area contributed by atoms with Crippen LogP contribution in [0.3, 0.4) is 0 Å². The first-order chi connectivity index (χ1) is 10.1. The number of ether oxygens (including phenoxy) is 1. The van der Waals surface area contributed by atoms with Gasteiger partial charge in [-0.05, 0) is 31.2 Å². The van der Waals surface area contributed by atoms with E-state index in [0.717, 1.165) is 25.3 Å². The first-order valence-corrected chi connectivity index (χ1v) is 8.01. The van der Waals surface area contributed by atoms with Gasteiger partial charge in [-0.1, -0.05) is 57.2 Å². The highest BCUT2D eigenvalue weighted by molar-refractivity contribution is 5.89. The van der Waals surface area contributed by atoms with Crippen molar-refractivity contribution in [3.8, 4) is 5.75 Å². The normalized spacial score (nSPS) is 12.8. The van der Waals surface area contributed by atoms with E-state index >= 15 is 0 Å². The van der Waals surface area contributed by atoms with Crippen LogP contribution in [-0.2, 0) is 0 Å². The van der Waals surface area contributed by atoms with Crippen LogP contribution >= 0.6 is 0 Å². The maximum Gasteiger partial charge on any atom is 0.131 e. The Balaban J connectivity index is 2.40. The fourth-order valence-electron chi connectivity index (χ4n) is 2.48. The molecule has 0 saturated heterocycles. The van der Waals surface area contributed by atoms with Crippen LogP contribution < -0.4 is 10.1 Å². The highest BCUT2D eigenvalue weighted by atomic mass is 16.5. The van der Waals surface area contributed by atoms with E-state index in [9.17, 15) is 0 Å². The lowest BCUT2D eigenvalue weighted by Crippen LogP contribution is -2.20. The molecular formula is C19H27NO. The van der Waals surface area contributed by atoms with E-state index < -0.39 is 0 Å². The zero-order valence-electron chi connectivity index (χ0n) is 13.6. The minimum atomic E-state index is 0.303. The van der Waals surface area contributed by atoms with Crippen molar-refractivity contribution < 1.29 is 4.74 Å². The molecule has 0 radical (unpaired) electrons. The van der Waals surface area contributed by atoms with Crippen molar-refractivity contribution in [3.05, 3.63) is 42.0 Å². The number of benzene rings is 2. The molecule has 0 aliphatic rings. The summed E-state index contributed by atoms with van der Waals surface area (Å²) in [6.07, 6.45) is 1.14. The van der Waals surface area contributed by atoms with Gasteiger partial charge in [-0.3, -0.25) is 0 Å². The Hall–Kier alpha value is -1.54. The van der Waals surface area contributed by atoms with E-state index in [0.29, 0.717) is 12.0 Å². The van der Waals surface area contributed by atoms with E-state index in [2.05, 4.69) is 69.4 Å². The predicted octanol–water partition coefficient (Wildman–Crippen LogP) is 4.94. The quantitative estimate of drug-likeness (QED) is 0.778. The molecule has 2 heteroatoms. The molecule has 0 bridgehead atoms. The van der Waals surface area contributed by atoms with Crippen molar-refractivity contribution >= 4 is 10.8 Å². The van der Waals surface area contributed by atoms with Crippen molar-refractivity contribution in [2.45, 2.75) is 40.2 Å². The van der Waals surface area contributed by atoms with Gasteiger partial charge >= 0.3 is 0 Å². The molecule has 1 unspecified atom stereocenters. The van der Waals surface area contributed by atoms with Crippen molar-refractivity contribution in [2.24, 2.45) is 5.92 Å². The van der Waals surface area contributed by atoms with Crippen LogP contribution in [0.2, 0.25) is 0 Å². The second-order valence-electron chi connectivity index (χ2n) is 6.09. The van der Waals surface area contributed by atoms with E-state index in [1.165, 1.54) is 16.3 Å². The Morgan fingerprint density at radius 3 is 2.52 bits per heavy atom. The Morgan fingerprint density at radius 1 is 1.05 bits per heavy atom. The zero-order chi connectivity index (χ0) is 15.2. The third-order valence-electron chi connectivity index (χ3n) is 3.64. The molecule has 2 rings (SSSR count). The van der Waals surface area contributed by atoms with Gasteiger partial charge in [-0.15, -0.1) is 0 Å². The molecule has 2 nitrogen and oxygen atoms in total. The first kappa shape index (κ1) is 15.8. The fraction of sp³-hybridized carbons (Fsp3) is 0.474. The molecule has 2 aromatic carbocycles. The van der Waals surface area contributed by atoms with Crippen molar-refractivity contribution in [2.75, 3.05) is 13.2 Å². The summed E-state index contributed by atoms with van der Waals surface area (Å²) in [5.41, 5.74) is 1.25. The van der Waals surface area contributed by atoms with Crippen LogP contribution in [0.15, 0.2) is 36.4 Å². The summed E-state index contributed by atoms with van der Waals surface area (Å²) in [4.78, 5) is 0. The lowest BCUT2D eigenvalue weighted by atomic mass is 10.0. The molecule has 0 amide bonds. The molecule has 1 atom stereocenters. The van der Waals surface area contributed by atoms with Crippen molar-refractivity contribution in [1.82, 2.24) is 5.32 Å². The van der Waals surface area contributed by atoms with Crippen LogP contribution in [0, 0.1) is 5.92 Å². The number of fused-ring (bicyclic) bond motifs is 1. The molecule has 0 aliphatic heterocycles. The molecule has 114 valence electrons. The summed E-state index contributed by atoms with van der Waals surface area (Å²) in [6, 6.07) is 13.2. The summed E-state index contributed by atoms with van der Waals surface area (Å²) in [5.74, 6) is 1.56. The van der Waals surface area contributed by atoms with Gasteiger partial charge in [0.2, 0.25) is 0 Å². The highest BCUT2D eigenvalue weighted by Gasteiger charge is 2.14. The van der Waals surface area contributed by atoms with E-state index in [1.807, 2.05) is 0 Å². The van der Waals surface area contributed by atoms with Gasteiger partial charge in [0.15, 0.2) is 0 Å². The van der Waals surface area contributed by atoms with Crippen molar-refractivity contribution in [1.29, 1.82) is 0 Å². The Kier molecular flexibility index (Phi) is 5.63. The maximum absolute atomic E-state index is 6.17. The second kappa shape index (κ2) is 7.46. The molecule has 1 N–H and O–H groups in total. The van der Waals surface area contributed by atoms with Crippen molar-refractivity contribution in [3.63, 3.8) is 0 Å². The number of rotatable bonds is 7. The van der Waals surface area contributed by atoms with Crippen LogP contribution in [0.5, 0.6) is 5.75 Å². The average Bonchev–Trinajstić information content (AvgIpc) is 2.49. The number of hydrogen-bond donors (Lipinski definition) is 1. The lowest BCUT2D eigenvalue weighted by Gasteiger charge is -2.21. The molecular weight excluding hydrogens is 258 g/mol. The molecule has 0 aliphatic carbocycles. The van der Waals surface area contributed by atoms with Gasteiger partial charge in [0.1, 0.15) is 5.75 Å². The number of hydrogen-bond acceptors (Lipinski definition) is 2. The van der Waals surface area contributed by atoms with Gasteiger partial charge in [0.25, 0.3) is 0 Å². The maximum atomic E-state index is 6.17. The Labute approximate surface area is 128 Å². The SMILES string of the molecule is CCCNC(C)c1ccc2ccccc2c1OCC(C)C. The minimum Gasteiger partial charge on any atom is -0.492 e. The highest BCUT2D eigenvalue weighted by Crippen LogP contribution is 2.34. The third-order valence-corrected chi connectivity index (χ3v) is 3.64. The molecule has 0 heterocycles. The Bertz CT molecular complexity index is 577. The zero-order valence-corrected chi connectivity index (χ0v) is 13.6. The third kappa shape index (κ3) is 3.98. The minimum absolute atomic E-state index is 0.303. The van der Waals surface area contributed by atoms with E-state index in [-0.39, 0.29) is 0 Å². The average molecular weight is 285 g/mol. The molecule has 0 fully saturated rings. The predicted molar refractivity (Wildman–Crippen MR) is 91.0 cm³/mol. The summed E-state index contributed by atoms with van der Waals surface area (Å²) in [5, 5.41) is 6.01. The molecule has 0 saturated carbocycles. The summed E-state index contributed by atoms with van der Waals surface area (Å²) >= 11 is 0. The van der Waals surface area contributed by atoms with Gasteiger partial charge < -0.3 is 10.1 Å². The first-order valence-electron chi connectivity index (χ1n) is 8.01. The summed E-state index contributed by atoms with van der Waals surface area (Å²) < 4.78 is 6.17. The molecule has 0 spiro atoms. The Morgan fingerprint density at radius 2 is 1.81 bits per heavy atom. The monoisotopic (exact) mass is 285 g/mol. The van der Waals surface area contributed by atoms with Gasteiger partial charge in [-0.2, -0.15) is 0 Å². The largest absolute Gasteiger partial charge is 0.492 e. The number of nitrogens with one attached hydrogen (secondary N) is 1. The van der Waals surface area contributed by atoms with Gasteiger partial charge in [-0.25, -0.2) is 0 Å². The smallest absolute Gasteiger partial charge is 0.131 e. The molecule has 0 aromatic heterocycles. The van der Waals surface area contributed by atoms with Gasteiger partial charge in [0, 0.05) is 17.0 Å². The summed E-state index contributed by atoms with van der Waals surface area (Å²) in [6.45, 7) is 10.5. The van der Waals surface area contributed by atoms with Crippen LogP contribution in [-0.4, -0.2) is 13.2 Å². The molecule has 21 heavy (non-hydrogen) atoms. The summed E-state index contributed by atoms with van der Waals surface area (Å²) in [7, 11) is 0. The van der Waals surface area contributed by atoms with Crippen LogP contribution in [0.1, 0.15) is 45.7 Å². The van der Waals surface area contributed by atoms with Crippen LogP contribution in [0.4, 0.5) is 0 Å². The topological polar surface area (TPSA) is 21.3 Å². The van der Waals surface area contributed by atoms with E-state index in [1.54, 1.807) is 0 Å². The molecule has 2 aromatic rings. The van der Waals surface area contributed by atoms with Crippen LogP contribution in [0.25, 0.3) is 10.8 Å². The van der Waals surface area contributed by atoms with E-state index in [4.69, 9.17) is 4.74 Å². The second-order valence-corrected chi connectivity index (χ2v) is 6.09. The lowest BCUT2D eigenvalue weighted by molar-refractivity contribution is 0.269. The standard InChI is InChI=1S/C19H27NO/c1-5-12-20-15(4)17-11-10-16-8-6-7-9-18(16)19(17)21-13-14(2)3/h6-11,14-15,20H,5,12-13H2,1-4H3.